The zero-order chi connectivity index (χ0) is 21.5. The molecule has 0 aliphatic carbocycles. The molecule has 3 amide bonds. The second-order valence-corrected chi connectivity index (χ2v) is 8.63. The first-order chi connectivity index (χ1) is 15.0. The number of benzene rings is 1. The van der Waals surface area contributed by atoms with Crippen LogP contribution >= 0.6 is 0 Å². The number of anilines is 1. The van der Waals surface area contributed by atoms with Crippen LogP contribution in [0.25, 0.3) is 0 Å². The fraction of sp³-hybridized carbons (Fsp3) is 0.455. The molecule has 0 spiro atoms. The molecule has 3 aliphatic heterocycles. The number of nitrogens with zero attached hydrogens (tertiary/aromatic N) is 3. The Morgan fingerprint density at radius 3 is 2.65 bits per heavy atom. The van der Waals surface area contributed by atoms with E-state index in [-0.39, 0.29) is 24.1 Å². The van der Waals surface area contributed by atoms with Crippen LogP contribution in [0.1, 0.15) is 58.8 Å². The van der Waals surface area contributed by atoms with Crippen LogP contribution in [0.5, 0.6) is 0 Å². The van der Waals surface area contributed by atoms with Gasteiger partial charge in [0.05, 0.1) is 17.6 Å². The molecule has 0 bridgehead atoms. The van der Waals surface area contributed by atoms with E-state index in [1.165, 1.54) is 0 Å². The third-order valence-corrected chi connectivity index (χ3v) is 6.77. The van der Waals surface area contributed by atoms with Gasteiger partial charge in [0.1, 0.15) is 6.04 Å². The number of carbonyl (C=O) groups excluding carboxylic acids is 3. The average molecular weight is 422 g/mol. The zero-order valence-electron chi connectivity index (χ0n) is 17.3. The average Bonchev–Trinajstić information content (AvgIpc) is 3.33. The van der Waals surface area contributed by atoms with Gasteiger partial charge in [-0.1, -0.05) is 12.1 Å². The molecular formula is C22H26N6O3. The van der Waals surface area contributed by atoms with E-state index in [9.17, 15) is 14.4 Å². The largest absolute Gasteiger partial charge is 0.396 e. The molecule has 9 nitrogen and oxygen atoms in total. The van der Waals surface area contributed by atoms with Gasteiger partial charge < -0.3 is 10.6 Å². The molecule has 1 aromatic carbocycles. The number of nitrogens with one attached hydrogen (secondary N) is 2. The molecule has 4 N–H and O–H groups in total. The van der Waals surface area contributed by atoms with Gasteiger partial charge in [-0.3, -0.25) is 29.7 Å². The molecule has 4 heterocycles. The van der Waals surface area contributed by atoms with Gasteiger partial charge in [-0.25, -0.2) is 0 Å². The van der Waals surface area contributed by atoms with E-state index in [1.807, 2.05) is 12.1 Å². The quantitative estimate of drug-likeness (QED) is 0.635. The minimum absolute atomic E-state index is 0.125. The fourth-order valence-corrected chi connectivity index (χ4v) is 5.05. The normalized spacial score (nSPS) is 22.6. The summed E-state index contributed by atoms with van der Waals surface area (Å²) in [6.07, 6.45) is 4.31. The number of aromatic nitrogens is 2. The Bertz CT molecular complexity index is 1040. The number of piperidine rings is 2. The third kappa shape index (κ3) is 3.59. The van der Waals surface area contributed by atoms with E-state index in [0.29, 0.717) is 24.4 Å². The highest BCUT2D eigenvalue weighted by atomic mass is 16.2. The van der Waals surface area contributed by atoms with Crippen molar-refractivity contribution in [1.29, 1.82) is 0 Å². The second kappa shape index (κ2) is 7.81. The zero-order valence-corrected chi connectivity index (χ0v) is 17.3. The minimum Gasteiger partial charge on any atom is -0.396 e. The van der Waals surface area contributed by atoms with Crippen molar-refractivity contribution in [2.75, 3.05) is 18.8 Å². The lowest BCUT2D eigenvalue weighted by Crippen LogP contribution is -2.52. The maximum Gasteiger partial charge on any atom is 0.255 e. The van der Waals surface area contributed by atoms with Crippen LogP contribution in [0.15, 0.2) is 24.4 Å². The molecule has 1 atom stereocenters. The predicted molar refractivity (Wildman–Crippen MR) is 113 cm³/mol. The third-order valence-electron chi connectivity index (χ3n) is 6.77. The van der Waals surface area contributed by atoms with Crippen molar-refractivity contribution in [2.45, 2.75) is 50.7 Å². The van der Waals surface area contributed by atoms with Crippen LogP contribution in [0.3, 0.4) is 0 Å². The number of H-pyrrole nitrogens is 1. The number of fused-ring (bicyclic) bond motifs is 1. The fourth-order valence-electron chi connectivity index (χ4n) is 5.05. The summed E-state index contributed by atoms with van der Waals surface area (Å²) in [6, 6.07) is 5.23. The number of nitrogens with two attached hydrogens (primary N) is 1. The number of rotatable bonds is 4. The van der Waals surface area contributed by atoms with Crippen molar-refractivity contribution < 1.29 is 14.4 Å². The Balaban J connectivity index is 1.27. The molecule has 2 aromatic rings. The van der Waals surface area contributed by atoms with Gasteiger partial charge in [0.2, 0.25) is 11.8 Å². The molecule has 2 fully saturated rings. The van der Waals surface area contributed by atoms with E-state index in [1.54, 1.807) is 11.1 Å². The number of nitrogen functional groups attached to an aromatic ring is 1. The molecule has 162 valence electrons. The summed E-state index contributed by atoms with van der Waals surface area (Å²) in [7, 11) is 0. The lowest BCUT2D eigenvalue weighted by molar-refractivity contribution is -0.136. The van der Waals surface area contributed by atoms with Gasteiger partial charge in [0.15, 0.2) is 0 Å². The van der Waals surface area contributed by atoms with Gasteiger partial charge in [0.25, 0.3) is 5.91 Å². The van der Waals surface area contributed by atoms with Gasteiger partial charge in [-0.05, 0) is 49.5 Å². The molecule has 3 aliphatic rings. The number of imide groups is 1. The molecule has 0 saturated carbocycles. The minimum atomic E-state index is -0.582. The number of aromatic amines is 1. The van der Waals surface area contributed by atoms with Crippen LogP contribution in [0.2, 0.25) is 0 Å². The molecule has 9 heteroatoms. The van der Waals surface area contributed by atoms with Crippen molar-refractivity contribution in [3.8, 4) is 0 Å². The summed E-state index contributed by atoms with van der Waals surface area (Å²) in [5.41, 5.74) is 10.6. The van der Waals surface area contributed by atoms with E-state index in [4.69, 9.17) is 5.73 Å². The summed E-state index contributed by atoms with van der Waals surface area (Å²) in [5.74, 6) is -0.380. The van der Waals surface area contributed by atoms with E-state index >= 15 is 0 Å². The lowest BCUT2D eigenvalue weighted by Gasteiger charge is -2.32. The summed E-state index contributed by atoms with van der Waals surface area (Å²) >= 11 is 0. The van der Waals surface area contributed by atoms with Crippen molar-refractivity contribution in [2.24, 2.45) is 0 Å². The maximum absolute atomic E-state index is 13.0. The van der Waals surface area contributed by atoms with Crippen molar-refractivity contribution in [3.05, 3.63) is 46.8 Å². The Kier molecular flexibility index (Phi) is 4.97. The number of amides is 3. The van der Waals surface area contributed by atoms with Crippen molar-refractivity contribution >= 4 is 23.4 Å². The summed E-state index contributed by atoms with van der Waals surface area (Å²) in [6.45, 7) is 3.07. The predicted octanol–water partition coefficient (Wildman–Crippen LogP) is 1.13. The Morgan fingerprint density at radius 2 is 1.94 bits per heavy atom. The van der Waals surface area contributed by atoms with E-state index in [0.717, 1.165) is 55.0 Å². The van der Waals surface area contributed by atoms with E-state index < -0.39 is 6.04 Å². The lowest BCUT2D eigenvalue weighted by atomic mass is 9.92. The first-order valence-corrected chi connectivity index (χ1v) is 10.8. The molecule has 5 rings (SSSR count). The Labute approximate surface area is 180 Å². The van der Waals surface area contributed by atoms with Crippen LogP contribution in [-0.2, 0) is 22.7 Å². The molecular weight excluding hydrogens is 396 g/mol. The van der Waals surface area contributed by atoms with Gasteiger partial charge >= 0.3 is 0 Å². The highest BCUT2D eigenvalue weighted by Crippen LogP contribution is 2.33. The maximum atomic E-state index is 13.0. The van der Waals surface area contributed by atoms with Gasteiger partial charge in [0, 0.05) is 31.0 Å². The van der Waals surface area contributed by atoms with Gasteiger partial charge in [-0.15, -0.1) is 0 Å². The SMILES string of the molecule is Nc1cn[nH]c1C1CCN(Cc2cccc3c2CN(C2CCC(=O)NC2=O)C3=O)CC1. The summed E-state index contributed by atoms with van der Waals surface area (Å²) in [5, 5.41) is 9.43. The number of hydrogen-bond donors (Lipinski definition) is 3. The van der Waals surface area contributed by atoms with Crippen LogP contribution in [0.4, 0.5) is 5.69 Å². The van der Waals surface area contributed by atoms with Crippen LogP contribution in [-0.4, -0.2) is 56.9 Å². The van der Waals surface area contributed by atoms with Crippen molar-refractivity contribution in [3.63, 3.8) is 0 Å². The topological polar surface area (TPSA) is 124 Å². The Hall–Kier alpha value is -3.20. The van der Waals surface area contributed by atoms with Crippen molar-refractivity contribution in [1.82, 2.24) is 25.3 Å². The molecule has 31 heavy (non-hydrogen) atoms. The highest BCUT2D eigenvalue weighted by molar-refractivity contribution is 6.05. The number of carbonyl (C=O) groups is 3. The first-order valence-electron chi connectivity index (χ1n) is 10.8. The second-order valence-electron chi connectivity index (χ2n) is 8.63. The summed E-state index contributed by atoms with van der Waals surface area (Å²) in [4.78, 5) is 40.8. The molecule has 2 saturated heterocycles. The monoisotopic (exact) mass is 422 g/mol. The standard InChI is InChI=1S/C22H26N6O3/c23-17-10-24-26-20(17)13-6-8-27(9-7-13)11-14-2-1-3-15-16(14)12-28(22(15)31)18-4-5-19(29)25-21(18)30/h1-3,10,13,18H,4-9,11-12,23H2,(H,24,26)(H,25,29,30). The molecule has 1 aromatic heterocycles. The smallest absolute Gasteiger partial charge is 0.255 e. The van der Waals surface area contributed by atoms with E-state index in [2.05, 4.69) is 26.5 Å². The Morgan fingerprint density at radius 1 is 1.13 bits per heavy atom. The van der Waals surface area contributed by atoms with Crippen LogP contribution < -0.4 is 11.1 Å². The highest BCUT2D eigenvalue weighted by Gasteiger charge is 2.39. The first kappa shape index (κ1) is 19.7. The number of hydrogen-bond acceptors (Lipinski definition) is 6. The van der Waals surface area contributed by atoms with Crippen LogP contribution in [0, 0.1) is 0 Å². The van der Waals surface area contributed by atoms with Gasteiger partial charge in [-0.2, -0.15) is 5.10 Å². The molecule has 1 unspecified atom stereocenters. The number of likely N-dealkylation sites (tertiary alicyclic amines) is 1. The summed E-state index contributed by atoms with van der Waals surface area (Å²) < 4.78 is 0. The molecule has 0 radical (unpaired) electrons.